The molecule has 0 amide bonds. The molecule has 0 saturated heterocycles. The molecule has 1 saturated carbocycles. The monoisotopic (exact) mass is 197 g/mol. The maximum Gasteiger partial charge on any atom is 0.0128 e. The van der Waals surface area contributed by atoms with Gasteiger partial charge in [0.05, 0.1) is 0 Å². The number of hydrogen-bond acceptors (Lipinski definition) is 1. The van der Waals surface area contributed by atoms with Gasteiger partial charge in [0.2, 0.25) is 0 Å². The summed E-state index contributed by atoms with van der Waals surface area (Å²) < 4.78 is 0. The number of hydrogen-bond donors (Lipinski definition) is 1. The number of rotatable bonds is 2. The Kier molecular flexibility index (Phi) is 3.63. The molecule has 1 aliphatic rings. The summed E-state index contributed by atoms with van der Waals surface area (Å²) in [4.78, 5) is 0. The molecule has 1 aliphatic carbocycles. The largest absolute Gasteiger partial charge is 0.325 e. The molecule has 0 bridgehead atoms. The molecular weight excluding hydrogens is 170 g/mol. The topological polar surface area (TPSA) is 26.0 Å². The Morgan fingerprint density at radius 2 is 1.71 bits per heavy atom. The Labute approximate surface area is 89.5 Å². The van der Waals surface area contributed by atoms with Crippen molar-refractivity contribution in [2.45, 2.75) is 59.4 Å². The van der Waals surface area contributed by atoms with Crippen molar-refractivity contribution in [1.82, 2.24) is 0 Å². The van der Waals surface area contributed by atoms with Gasteiger partial charge in [0.25, 0.3) is 0 Å². The van der Waals surface area contributed by atoms with Crippen LogP contribution >= 0.6 is 0 Å². The van der Waals surface area contributed by atoms with Crippen molar-refractivity contribution >= 4 is 0 Å². The Balaban J connectivity index is 2.67. The van der Waals surface area contributed by atoms with Crippen LogP contribution in [0.4, 0.5) is 0 Å². The third kappa shape index (κ3) is 2.50. The van der Waals surface area contributed by atoms with Crippen LogP contribution in [0, 0.1) is 23.7 Å². The lowest BCUT2D eigenvalue weighted by atomic mass is 9.63. The Morgan fingerprint density at radius 3 is 2.14 bits per heavy atom. The summed E-state index contributed by atoms with van der Waals surface area (Å²) in [6.07, 6.45) is 4.04. The van der Waals surface area contributed by atoms with Crippen molar-refractivity contribution < 1.29 is 0 Å². The molecule has 0 aliphatic heterocycles. The van der Waals surface area contributed by atoms with Crippen LogP contribution in [0.15, 0.2) is 0 Å². The van der Waals surface area contributed by atoms with Crippen molar-refractivity contribution in [3.05, 3.63) is 0 Å². The smallest absolute Gasteiger partial charge is 0.0128 e. The molecule has 0 heterocycles. The molecule has 0 aromatic rings. The van der Waals surface area contributed by atoms with E-state index in [4.69, 9.17) is 5.73 Å². The van der Waals surface area contributed by atoms with Crippen LogP contribution in [0.25, 0.3) is 0 Å². The van der Waals surface area contributed by atoms with Crippen molar-refractivity contribution in [2.75, 3.05) is 0 Å². The quantitative estimate of drug-likeness (QED) is 0.721. The molecule has 14 heavy (non-hydrogen) atoms. The highest BCUT2D eigenvalue weighted by molar-refractivity contribution is 4.91. The average molecular weight is 197 g/mol. The van der Waals surface area contributed by atoms with E-state index in [1.54, 1.807) is 0 Å². The SMILES string of the molecule is CCC1CC(C)C(C(C)(C)N)CC1C. The van der Waals surface area contributed by atoms with Gasteiger partial charge in [0.15, 0.2) is 0 Å². The number of nitrogens with two attached hydrogens (primary N) is 1. The van der Waals surface area contributed by atoms with Crippen LogP contribution in [-0.2, 0) is 0 Å². The van der Waals surface area contributed by atoms with E-state index in [2.05, 4.69) is 34.6 Å². The van der Waals surface area contributed by atoms with Gasteiger partial charge in [-0.3, -0.25) is 0 Å². The molecule has 1 nitrogen and oxygen atoms in total. The first kappa shape index (κ1) is 12.0. The van der Waals surface area contributed by atoms with Gasteiger partial charge >= 0.3 is 0 Å². The zero-order valence-corrected chi connectivity index (χ0v) is 10.5. The van der Waals surface area contributed by atoms with Gasteiger partial charge in [-0.15, -0.1) is 0 Å². The van der Waals surface area contributed by atoms with Crippen molar-refractivity contribution in [3.63, 3.8) is 0 Å². The molecule has 0 aromatic heterocycles. The molecule has 0 aromatic carbocycles. The van der Waals surface area contributed by atoms with E-state index >= 15 is 0 Å². The molecule has 1 fully saturated rings. The van der Waals surface area contributed by atoms with Crippen LogP contribution in [0.3, 0.4) is 0 Å². The molecule has 4 atom stereocenters. The van der Waals surface area contributed by atoms with Gasteiger partial charge in [-0.25, -0.2) is 0 Å². The standard InChI is InChI=1S/C13H27N/c1-6-11-7-10(3)12(8-9(11)2)13(4,5)14/h9-12H,6-8,14H2,1-5H3. The summed E-state index contributed by atoms with van der Waals surface area (Å²) in [5.41, 5.74) is 6.26. The van der Waals surface area contributed by atoms with E-state index in [9.17, 15) is 0 Å². The highest BCUT2D eigenvalue weighted by atomic mass is 14.7. The first-order valence-corrected chi connectivity index (χ1v) is 6.15. The third-order valence-electron chi connectivity index (χ3n) is 4.27. The van der Waals surface area contributed by atoms with Crippen molar-refractivity contribution in [3.8, 4) is 0 Å². The first-order valence-electron chi connectivity index (χ1n) is 6.15. The maximum atomic E-state index is 6.25. The molecular formula is C13H27N. The van der Waals surface area contributed by atoms with Crippen LogP contribution in [0.2, 0.25) is 0 Å². The maximum absolute atomic E-state index is 6.25. The zero-order chi connectivity index (χ0) is 10.9. The fourth-order valence-electron chi connectivity index (χ4n) is 3.31. The minimum Gasteiger partial charge on any atom is -0.325 e. The van der Waals surface area contributed by atoms with Crippen LogP contribution in [0.1, 0.15) is 53.9 Å². The van der Waals surface area contributed by atoms with Gasteiger partial charge in [-0.05, 0) is 50.4 Å². The molecule has 0 spiro atoms. The normalized spacial score (nSPS) is 39.9. The lowest BCUT2D eigenvalue weighted by Gasteiger charge is -2.44. The fraction of sp³-hybridized carbons (Fsp3) is 1.00. The average Bonchev–Trinajstić information content (AvgIpc) is 2.06. The van der Waals surface area contributed by atoms with E-state index in [-0.39, 0.29) is 5.54 Å². The van der Waals surface area contributed by atoms with Crippen LogP contribution < -0.4 is 5.73 Å². The summed E-state index contributed by atoms with van der Waals surface area (Å²) in [7, 11) is 0. The van der Waals surface area contributed by atoms with Gasteiger partial charge < -0.3 is 5.73 Å². The van der Waals surface area contributed by atoms with Crippen molar-refractivity contribution in [1.29, 1.82) is 0 Å². The van der Waals surface area contributed by atoms with Crippen LogP contribution in [0.5, 0.6) is 0 Å². The van der Waals surface area contributed by atoms with E-state index in [1.165, 1.54) is 19.3 Å². The molecule has 1 rings (SSSR count). The molecule has 4 unspecified atom stereocenters. The van der Waals surface area contributed by atoms with E-state index in [0.29, 0.717) is 5.92 Å². The van der Waals surface area contributed by atoms with Gasteiger partial charge in [-0.2, -0.15) is 0 Å². The molecule has 0 radical (unpaired) electrons. The Bertz CT molecular complexity index is 180. The zero-order valence-electron chi connectivity index (χ0n) is 10.5. The minimum atomic E-state index is 0.00634. The van der Waals surface area contributed by atoms with Gasteiger partial charge in [-0.1, -0.05) is 27.2 Å². The second kappa shape index (κ2) is 4.22. The third-order valence-corrected chi connectivity index (χ3v) is 4.27. The summed E-state index contributed by atoms with van der Waals surface area (Å²) in [5, 5.41) is 0. The fourth-order valence-corrected chi connectivity index (χ4v) is 3.31. The Morgan fingerprint density at radius 1 is 1.14 bits per heavy atom. The second-order valence-corrected chi connectivity index (χ2v) is 6.02. The van der Waals surface area contributed by atoms with Crippen molar-refractivity contribution in [2.24, 2.45) is 29.4 Å². The minimum absolute atomic E-state index is 0.00634. The lowest BCUT2D eigenvalue weighted by molar-refractivity contribution is 0.0836. The van der Waals surface area contributed by atoms with Gasteiger partial charge in [0.1, 0.15) is 0 Å². The second-order valence-electron chi connectivity index (χ2n) is 6.02. The van der Waals surface area contributed by atoms with Crippen LogP contribution in [-0.4, -0.2) is 5.54 Å². The van der Waals surface area contributed by atoms with Gasteiger partial charge in [0, 0.05) is 5.54 Å². The van der Waals surface area contributed by atoms with E-state index in [0.717, 1.165) is 17.8 Å². The molecule has 84 valence electrons. The molecule has 1 heteroatoms. The first-order chi connectivity index (χ1) is 6.36. The van der Waals surface area contributed by atoms with E-state index in [1.807, 2.05) is 0 Å². The highest BCUT2D eigenvalue weighted by Gasteiger charge is 2.37. The van der Waals surface area contributed by atoms with E-state index < -0.39 is 0 Å². The summed E-state index contributed by atoms with van der Waals surface area (Å²) in [6.45, 7) is 11.5. The summed E-state index contributed by atoms with van der Waals surface area (Å²) >= 11 is 0. The predicted molar refractivity (Wildman–Crippen MR) is 63.1 cm³/mol. The summed E-state index contributed by atoms with van der Waals surface area (Å²) in [6, 6.07) is 0. The predicted octanol–water partition coefficient (Wildman–Crippen LogP) is 3.43. The summed E-state index contributed by atoms with van der Waals surface area (Å²) in [5.74, 6) is 3.31. The Hall–Kier alpha value is -0.0400. The highest BCUT2D eigenvalue weighted by Crippen LogP contribution is 2.42. The lowest BCUT2D eigenvalue weighted by Crippen LogP contribution is -2.47. The molecule has 2 N–H and O–H groups in total.